The van der Waals surface area contributed by atoms with E-state index in [-0.39, 0.29) is 11.3 Å². The number of hydrogen-bond acceptors (Lipinski definition) is 4. The number of carbonyl (C=O) groups excluding carboxylic acids is 1. The van der Waals surface area contributed by atoms with Gasteiger partial charge in [-0.2, -0.15) is 22.0 Å². The standard InChI is InChI=1S/C32H25F6NO3SSi/c1-30(2,3)44(22-10-6-4-7-11-22,23-12-8-5-9-13-23)42-28-26-24(31(28,34)35)14-15-25(27(26)43-32(36,37)38)41-21-17-19(29(39)40)16-20(33)18-21/h4-13,16-18,28H,1-3H3,(H2,39,40). The quantitative estimate of drug-likeness (QED) is 0.163. The van der Waals surface area contributed by atoms with Gasteiger partial charge in [0.1, 0.15) is 17.7 Å². The Morgan fingerprint density at radius 1 is 0.932 bits per heavy atom. The van der Waals surface area contributed by atoms with Crippen LogP contribution in [0.2, 0.25) is 5.04 Å². The molecule has 0 heterocycles. The highest BCUT2D eigenvalue weighted by molar-refractivity contribution is 8.04. The summed E-state index contributed by atoms with van der Waals surface area (Å²) in [5, 5.41) is 0.527. The maximum atomic E-state index is 15.9. The number of hydrogen-bond donors (Lipinski definition) is 1. The van der Waals surface area contributed by atoms with Crippen LogP contribution >= 0.6 is 11.8 Å². The van der Waals surface area contributed by atoms with Crippen molar-refractivity contribution in [3.63, 3.8) is 0 Å². The lowest BCUT2D eigenvalue weighted by Crippen LogP contribution is -2.71. The van der Waals surface area contributed by atoms with Gasteiger partial charge in [-0.05, 0) is 45.0 Å². The first-order valence-corrected chi connectivity index (χ1v) is 16.0. The molecule has 0 aliphatic heterocycles. The molecule has 0 saturated heterocycles. The molecule has 0 bridgehead atoms. The minimum absolute atomic E-state index is 0.308. The molecule has 44 heavy (non-hydrogen) atoms. The zero-order valence-corrected chi connectivity index (χ0v) is 25.4. The highest BCUT2D eigenvalue weighted by atomic mass is 32.2. The van der Waals surface area contributed by atoms with E-state index >= 15 is 8.78 Å². The summed E-state index contributed by atoms with van der Waals surface area (Å²) in [7, 11) is -3.68. The molecule has 5 rings (SSSR count). The van der Waals surface area contributed by atoms with Crippen molar-refractivity contribution < 1.29 is 40.3 Å². The van der Waals surface area contributed by atoms with E-state index in [9.17, 15) is 22.4 Å². The van der Waals surface area contributed by atoms with Crippen LogP contribution in [0.1, 0.15) is 31.1 Å². The third-order valence-corrected chi connectivity index (χ3v) is 13.1. The van der Waals surface area contributed by atoms with E-state index in [0.717, 1.165) is 18.2 Å². The van der Waals surface area contributed by atoms with Gasteiger partial charge in [-0.1, -0.05) is 87.2 Å². The molecule has 1 atom stereocenters. The summed E-state index contributed by atoms with van der Waals surface area (Å²) in [6.07, 6.45) is -2.12. The lowest BCUT2D eigenvalue weighted by Gasteiger charge is -2.51. The van der Waals surface area contributed by atoms with E-state index < -0.39 is 76.2 Å². The average Bonchev–Trinajstić information content (AvgIpc) is 2.94. The van der Waals surface area contributed by atoms with Gasteiger partial charge < -0.3 is 14.9 Å². The van der Waals surface area contributed by atoms with Gasteiger partial charge in [0, 0.05) is 17.2 Å². The van der Waals surface area contributed by atoms with Crippen molar-refractivity contribution in [2.45, 2.75) is 43.3 Å². The molecule has 4 nitrogen and oxygen atoms in total. The van der Waals surface area contributed by atoms with E-state index in [4.69, 9.17) is 14.9 Å². The number of ether oxygens (including phenoxy) is 1. The maximum absolute atomic E-state index is 15.9. The summed E-state index contributed by atoms with van der Waals surface area (Å²) in [5.41, 5.74) is 3.20. The summed E-state index contributed by atoms with van der Waals surface area (Å²) >= 11 is -0.677. The lowest BCUT2D eigenvalue weighted by atomic mass is 9.77. The Kier molecular flexibility index (Phi) is 8.03. The van der Waals surface area contributed by atoms with Crippen LogP contribution in [0.4, 0.5) is 26.3 Å². The molecular weight excluding hydrogens is 620 g/mol. The fraction of sp³-hybridized carbons (Fsp3) is 0.219. The van der Waals surface area contributed by atoms with Crippen molar-refractivity contribution in [3.8, 4) is 5.75 Å². The highest BCUT2D eigenvalue weighted by Gasteiger charge is 2.65. The van der Waals surface area contributed by atoms with E-state index in [1.807, 2.05) is 20.8 Å². The molecule has 2 aliphatic rings. The molecule has 0 aromatic heterocycles. The Hall–Kier alpha value is -3.92. The van der Waals surface area contributed by atoms with E-state index in [1.165, 1.54) is 0 Å². The van der Waals surface area contributed by atoms with Crippen LogP contribution in [-0.2, 0) is 4.43 Å². The zero-order chi connectivity index (χ0) is 32.1. The van der Waals surface area contributed by atoms with Crippen LogP contribution in [0.5, 0.6) is 5.75 Å². The van der Waals surface area contributed by atoms with E-state index in [1.54, 1.807) is 60.7 Å². The summed E-state index contributed by atoms with van der Waals surface area (Å²) in [6.45, 7) is 5.55. The van der Waals surface area contributed by atoms with Gasteiger partial charge in [0.2, 0.25) is 5.91 Å². The molecule has 2 N–H and O–H groups in total. The number of primary amides is 1. The van der Waals surface area contributed by atoms with Crippen LogP contribution in [0.25, 0.3) is 0 Å². The van der Waals surface area contributed by atoms with Gasteiger partial charge in [-0.25, -0.2) is 4.39 Å². The van der Waals surface area contributed by atoms with Crippen LogP contribution in [0, 0.1) is 5.82 Å². The smallest absolute Gasteiger partial charge is 0.446 e. The third kappa shape index (κ3) is 5.67. The monoisotopic (exact) mass is 645 g/mol. The van der Waals surface area contributed by atoms with Crippen LogP contribution < -0.4 is 20.8 Å². The molecule has 1 amide bonds. The fourth-order valence-corrected chi connectivity index (χ4v) is 10.8. The molecule has 1 unspecified atom stereocenters. The predicted octanol–water partition coefficient (Wildman–Crippen LogP) is 6.98. The largest absolute Gasteiger partial charge is 0.447 e. The minimum Gasteiger partial charge on any atom is -0.447 e. The van der Waals surface area contributed by atoms with Gasteiger partial charge in [0.15, 0.2) is 5.76 Å². The van der Waals surface area contributed by atoms with Crippen molar-refractivity contribution in [2.24, 2.45) is 5.73 Å². The van der Waals surface area contributed by atoms with Crippen molar-refractivity contribution in [2.75, 3.05) is 0 Å². The topological polar surface area (TPSA) is 61.6 Å². The molecule has 1 saturated carbocycles. The second kappa shape index (κ2) is 11.2. The lowest BCUT2D eigenvalue weighted by molar-refractivity contribution is -0.0836. The molecule has 12 heteroatoms. The number of carbonyl (C=O) groups is 1. The molecule has 228 valence electrons. The zero-order valence-electron chi connectivity index (χ0n) is 23.6. The first kappa shape index (κ1) is 31.5. The Morgan fingerprint density at radius 3 is 2.00 bits per heavy atom. The summed E-state index contributed by atoms with van der Waals surface area (Å²) in [6, 6.07) is 20.3. The molecule has 0 spiro atoms. The Morgan fingerprint density at radius 2 is 1.50 bits per heavy atom. The Bertz CT molecular complexity index is 1710. The molecule has 1 fully saturated rings. The Balaban J connectivity index is 1.70. The predicted molar refractivity (Wildman–Crippen MR) is 158 cm³/mol. The van der Waals surface area contributed by atoms with E-state index in [0.29, 0.717) is 10.4 Å². The Labute approximate surface area is 254 Å². The van der Waals surface area contributed by atoms with E-state index in [2.05, 4.69) is 11.5 Å². The maximum Gasteiger partial charge on any atom is 0.446 e. The number of thioether (sulfide) groups is 1. The van der Waals surface area contributed by atoms with Crippen LogP contribution in [0.3, 0.4) is 0 Å². The van der Waals surface area contributed by atoms with Gasteiger partial charge in [0.05, 0.1) is 10.5 Å². The molecule has 3 aromatic carbocycles. The molecule has 2 aliphatic carbocycles. The number of alkyl halides is 5. The second-order valence-electron chi connectivity index (χ2n) is 11.2. The summed E-state index contributed by atoms with van der Waals surface area (Å²) < 4.78 is 100. The van der Waals surface area contributed by atoms with Crippen molar-refractivity contribution in [1.29, 1.82) is 0 Å². The first-order chi connectivity index (χ1) is 20.5. The van der Waals surface area contributed by atoms with Gasteiger partial charge in [0.25, 0.3) is 8.32 Å². The number of fused-ring (bicyclic) bond motifs is 1. The van der Waals surface area contributed by atoms with Crippen molar-refractivity contribution in [1.82, 2.24) is 0 Å². The van der Waals surface area contributed by atoms with Crippen molar-refractivity contribution >= 4 is 36.4 Å². The fourth-order valence-electron chi connectivity index (χ4n) is 5.40. The van der Waals surface area contributed by atoms with Crippen LogP contribution in [-0.4, -0.2) is 31.8 Å². The minimum atomic E-state index is -4.94. The van der Waals surface area contributed by atoms with Gasteiger partial charge in [-0.3, -0.25) is 4.79 Å². The first-order valence-electron chi connectivity index (χ1n) is 13.3. The molecule has 3 aromatic rings. The summed E-state index contributed by atoms with van der Waals surface area (Å²) in [4.78, 5) is 10.9. The van der Waals surface area contributed by atoms with Gasteiger partial charge in [-0.15, -0.1) is 0 Å². The van der Waals surface area contributed by atoms with Gasteiger partial charge >= 0.3 is 11.4 Å². The normalized spacial score (nSPS) is 17.8. The average molecular weight is 646 g/mol. The number of benzene rings is 3. The van der Waals surface area contributed by atoms with Crippen molar-refractivity contribution in [3.05, 3.63) is 124 Å². The third-order valence-electron chi connectivity index (χ3n) is 7.25. The number of amides is 1. The molecular formula is C32H25F6NO3SSi. The number of halogens is 6. The molecule has 0 radical (unpaired) electrons. The van der Waals surface area contributed by atoms with Crippen LogP contribution in [0.15, 0.2) is 112 Å². The highest BCUT2D eigenvalue weighted by Crippen LogP contribution is 2.57. The SMILES string of the molecule is CC(C)(C)[Si](OC1C2=C(SC(F)(F)F)C(Oc3cc(F)cc(C(N)=O)c3)=C=C=C2C1(F)F)(c1ccccc1)c1ccccc1. The summed E-state index contributed by atoms with van der Waals surface area (Å²) in [5.74, 6) is -6.71. The number of rotatable bonds is 8. The second-order valence-corrected chi connectivity index (χ2v) is 16.5. The number of nitrogens with two attached hydrogens (primary N) is 1.